The van der Waals surface area contributed by atoms with E-state index in [4.69, 9.17) is 0 Å². The van der Waals surface area contributed by atoms with Gasteiger partial charge in [-0.15, -0.1) is 0 Å². The van der Waals surface area contributed by atoms with Gasteiger partial charge in [-0.25, -0.2) is 23.1 Å². The van der Waals surface area contributed by atoms with Crippen molar-refractivity contribution < 1.29 is 8.42 Å². The van der Waals surface area contributed by atoms with Crippen LogP contribution in [0.15, 0.2) is 29.6 Å². The van der Waals surface area contributed by atoms with Crippen molar-refractivity contribution in [2.75, 3.05) is 12.4 Å². The van der Waals surface area contributed by atoms with Crippen molar-refractivity contribution in [1.29, 1.82) is 0 Å². The standard InChI is InChI=1S/C10H14N6O2S/c1-11-19(17,18)8-3-4-9(12-5-8)13-6-10-14-7-15-16(10)2/h3-5,7,11H,6H2,1-2H3,(H,12,13). The van der Waals surface area contributed by atoms with Crippen molar-refractivity contribution in [2.45, 2.75) is 11.4 Å². The molecule has 0 amide bonds. The lowest BCUT2D eigenvalue weighted by atomic mass is 10.4. The first-order chi connectivity index (χ1) is 9.03. The van der Waals surface area contributed by atoms with Gasteiger partial charge in [0.1, 0.15) is 22.9 Å². The molecule has 2 aromatic heterocycles. The highest BCUT2D eigenvalue weighted by Crippen LogP contribution is 2.10. The lowest BCUT2D eigenvalue weighted by Crippen LogP contribution is -2.18. The Labute approximate surface area is 110 Å². The molecular weight excluding hydrogens is 268 g/mol. The topological polar surface area (TPSA) is 102 Å². The minimum atomic E-state index is -3.45. The Morgan fingerprint density at radius 2 is 2.11 bits per heavy atom. The van der Waals surface area contributed by atoms with Crippen molar-refractivity contribution in [3.63, 3.8) is 0 Å². The summed E-state index contributed by atoms with van der Waals surface area (Å²) >= 11 is 0. The number of rotatable bonds is 5. The summed E-state index contributed by atoms with van der Waals surface area (Å²) in [5.41, 5.74) is 0. The van der Waals surface area contributed by atoms with Gasteiger partial charge in [0, 0.05) is 13.2 Å². The summed E-state index contributed by atoms with van der Waals surface area (Å²) < 4.78 is 26.9. The summed E-state index contributed by atoms with van der Waals surface area (Å²) in [6.07, 6.45) is 2.76. The molecule has 0 saturated heterocycles. The Kier molecular flexibility index (Phi) is 3.76. The molecule has 8 nitrogen and oxygen atoms in total. The second kappa shape index (κ2) is 5.33. The Morgan fingerprint density at radius 1 is 1.32 bits per heavy atom. The van der Waals surface area contributed by atoms with Crippen LogP contribution in [-0.2, 0) is 23.6 Å². The predicted molar refractivity (Wildman–Crippen MR) is 68.8 cm³/mol. The van der Waals surface area contributed by atoms with E-state index in [0.717, 1.165) is 5.82 Å². The van der Waals surface area contributed by atoms with Gasteiger partial charge in [-0.1, -0.05) is 0 Å². The number of sulfonamides is 1. The third kappa shape index (κ3) is 3.06. The van der Waals surface area contributed by atoms with Crippen LogP contribution in [-0.4, -0.2) is 35.2 Å². The maximum atomic E-state index is 11.5. The molecule has 0 aromatic carbocycles. The number of hydrogen-bond acceptors (Lipinski definition) is 6. The SMILES string of the molecule is CNS(=O)(=O)c1ccc(NCc2ncnn2C)nc1. The fourth-order valence-corrected chi connectivity index (χ4v) is 2.09. The molecule has 19 heavy (non-hydrogen) atoms. The fraction of sp³-hybridized carbons (Fsp3) is 0.300. The van der Waals surface area contributed by atoms with Crippen LogP contribution in [0.2, 0.25) is 0 Å². The van der Waals surface area contributed by atoms with Crippen molar-refractivity contribution in [3.05, 3.63) is 30.5 Å². The number of anilines is 1. The third-order valence-electron chi connectivity index (χ3n) is 2.55. The van der Waals surface area contributed by atoms with Crippen LogP contribution in [0.3, 0.4) is 0 Å². The average molecular weight is 282 g/mol. The van der Waals surface area contributed by atoms with Crippen molar-refractivity contribution in [3.8, 4) is 0 Å². The zero-order chi connectivity index (χ0) is 13.9. The molecular formula is C10H14N6O2S. The highest BCUT2D eigenvalue weighted by Gasteiger charge is 2.11. The zero-order valence-electron chi connectivity index (χ0n) is 10.5. The van der Waals surface area contributed by atoms with Crippen molar-refractivity contribution in [1.82, 2.24) is 24.5 Å². The molecule has 102 valence electrons. The van der Waals surface area contributed by atoms with Gasteiger partial charge in [0.05, 0.1) is 6.54 Å². The number of hydrogen-bond donors (Lipinski definition) is 2. The number of nitrogens with one attached hydrogen (secondary N) is 2. The van der Waals surface area contributed by atoms with E-state index in [1.165, 1.54) is 25.6 Å². The summed E-state index contributed by atoms with van der Waals surface area (Å²) in [6, 6.07) is 3.08. The van der Waals surface area contributed by atoms with Crippen molar-refractivity contribution >= 4 is 15.8 Å². The lowest BCUT2D eigenvalue weighted by Gasteiger charge is -2.06. The van der Waals surface area contributed by atoms with Gasteiger partial charge in [-0.3, -0.25) is 4.68 Å². The molecule has 0 aliphatic carbocycles. The molecule has 2 rings (SSSR count). The summed E-state index contributed by atoms with van der Waals surface area (Å²) in [5, 5.41) is 6.98. The second-order valence-corrected chi connectivity index (χ2v) is 5.63. The first-order valence-corrected chi connectivity index (χ1v) is 6.97. The molecule has 2 heterocycles. The highest BCUT2D eigenvalue weighted by atomic mass is 32.2. The Morgan fingerprint density at radius 3 is 2.63 bits per heavy atom. The van der Waals surface area contributed by atoms with E-state index < -0.39 is 10.0 Å². The molecule has 2 N–H and O–H groups in total. The van der Waals surface area contributed by atoms with E-state index in [9.17, 15) is 8.42 Å². The van der Waals surface area contributed by atoms with E-state index in [0.29, 0.717) is 12.4 Å². The van der Waals surface area contributed by atoms with E-state index in [1.54, 1.807) is 17.8 Å². The fourth-order valence-electron chi connectivity index (χ4n) is 1.41. The first kappa shape index (κ1) is 13.4. The molecule has 0 fully saturated rings. The third-order valence-corrected chi connectivity index (χ3v) is 3.95. The molecule has 0 saturated carbocycles. The van der Waals surface area contributed by atoms with Crippen molar-refractivity contribution in [2.24, 2.45) is 7.05 Å². The lowest BCUT2D eigenvalue weighted by molar-refractivity contribution is 0.588. The minimum Gasteiger partial charge on any atom is -0.363 e. The average Bonchev–Trinajstić information content (AvgIpc) is 2.82. The van der Waals surface area contributed by atoms with Gasteiger partial charge in [0.15, 0.2) is 0 Å². The molecule has 0 aliphatic rings. The van der Waals surface area contributed by atoms with Gasteiger partial charge in [0.2, 0.25) is 10.0 Å². The number of nitrogens with zero attached hydrogens (tertiary/aromatic N) is 4. The predicted octanol–water partition coefficient (Wildman–Crippen LogP) is -0.270. The Bertz CT molecular complexity index is 649. The number of pyridine rings is 1. The van der Waals surface area contributed by atoms with E-state index >= 15 is 0 Å². The van der Waals surface area contributed by atoms with Gasteiger partial charge in [-0.05, 0) is 19.2 Å². The number of aryl methyl sites for hydroxylation is 1. The molecule has 2 aromatic rings. The summed E-state index contributed by atoms with van der Waals surface area (Å²) in [4.78, 5) is 8.22. The van der Waals surface area contributed by atoms with Crippen LogP contribution in [0.5, 0.6) is 0 Å². The van der Waals surface area contributed by atoms with Gasteiger partial charge >= 0.3 is 0 Å². The summed E-state index contributed by atoms with van der Waals surface area (Å²) in [6.45, 7) is 0.460. The zero-order valence-corrected chi connectivity index (χ0v) is 11.3. The van der Waals surface area contributed by atoms with Crippen LogP contribution >= 0.6 is 0 Å². The molecule has 0 radical (unpaired) electrons. The quantitative estimate of drug-likeness (QED) is 0.782. The van der Waals surface area contributed by atoms with Gasteiger partial charge < -0.3 is 5.32 Å². The number of aromatic nitrogens is 4. The van der Waals surface area contributed by atoms with Gasteiger partial charge in [-0.2, -0.15) is 5.10 Å². The maximum Gasteiger partial charge on any atom is 0.241 e. The van der Waals surface area contributed by atoms with E-state index in [1.807, 2.05) is 0 Å². The van der Waals surface area contributed by atoms with Crippen LogP contribution in [0.1, 0.15) is 5.82 Å². The minimum absolute atomic E-state index is 0.124. The van der Waals surface area contributed by atoms with E-state index in [-0.39, 0.29) is 4.90 Å². The Hall–Kier alpha value is -2.00. The molecule has 9 heteroatoms. The smallest absolute Gasteiger partial charge is 0.241 e. The first-order valence-electron chi connectivity index (χ1n) is 5.49. The van der Waals surface area contributed by atoms with Crippen LogP contribution in [0, 0.1) is 0 Å². The highest BCUT2D eigenvalue weighted by molar-refractivity contribution is 7.89. The molecule has 0 unspecified atom stereocenters. The molecule has 0 aliphatic heterocycles. The van der Waals surface area contributed by atoms with E-state index in [2.05, 4.69) is 25.1 Å². The largest absolute Gasteiger partial charge is 0.363 e. The molecule has 0 atom stereocenters. The molecule has 0 spiro atoms. The normalized spacial score (nSPS) is 11.5. The van der Waals surface area contributed by atoms with Crippen LogP contribution in [0.4, 0.5) is 5.82 Å². The van der Waals surface area contributed by atoms with Crippen LogP contribution in [0.25, 0.3) is 0 Å². The maximum absolute atomic E-state index is 11.5. The molecule has 0 bridgehead atoms. The summed E-state index contributed by atoms with van der Waals surface area (Å²) in [7, 11) is -0.298. The van der Waals surface area contributed by atoms with Crippen LogP contribution < -0.4 is 10.0 Å². The van der Waals surface area contributed by atoms with Gasteiger partial charge in [0.25, 0.3) is 0 Å². The summed E-state index contributed by atoms with van der Waals surface area (Å²) in [5.74, 6) is 1.33. The second-order valence-electron chi connectivity index (χ2n) is 3.74. The monoisotopic (exact) mass is 282 g/mol. The Balaban J connectivity index is 2.06.